The molecular formula is C41H52N10O6. The first-order valence-electron chi connectivity index (χ1n) is 19.8. The van der Waals surface area contributed by atoms with Gasteiger partial charge in [-0.05, 0) is 61.3 Å². The van der Waals surface area contributed by atoms with E-state index in [1.807, 2.05) is 56.9 Å². The number of ether oxygens (including phenoxy) is 2. The molecule has 1 aliphatic carbocycles. The Morgan fingerprint density at radius 1 is 0.667 bits per heavy atom. The molecule has 0 bridgehead atoms. The van der Waals surface area contributed by atoms with Crippen LogP contribution in [0.1, 0.15) is 83.5 Å². The standard InChI is InChI=1S/C41H52N10O6/c1-22(2)34(48-40(54)56-5)38(52)50-15-7-8-32(50)36-44-18-29(46-36)26-13-11-25(12-14-26)28-17-43-30(19-42-28)31-20-45-37(47-31)33-16-27(24-9-10-24)21-51(33)39(53)35(23(3)4)49-41(55)57-6/h11-14,17-20,22-24,27,32-35H,7-10,15-16,21H2,1-6H3,(H,44,46)(H,45,47)(H,48,54)(H,49,55)/t27-,32-,33-,34-,35-/m0/s1. The average molecular weight is 781 g/mol. The molecule has 16 nitrogen and oxygen atoms in total. The molecular weight excluding hydrogens is 729 g/mol. The van der Waals surface area contributed by atoms with E-state index in [9.17, 15) is 19.2 Å². The number of nitrogens with one attached hydrogen (secondary N) is 4. The second-order valence-corrected chi connectivity index (χ2v) is 16.0. The summed E-state index contributed by atoms with van der Waals surface area (Å²) in [6, 6.07) is 6.06. The van der Waals surface area contributed by atoms with Crippen molar-refractivity contribution >= 4 is 24.0 Å². The van der Waals surface area contributed by atoms with Gasteiger partial charge in [-0.25, -0.2) is 19.6 Å². The van der Waals surface area contributed by atoms with Gasteiger partial charge >= 0.3 is 12.2 Å². The second-order valence-electron chi connectivity index (χ2n) is 16.0. The monoisotopic (exact) mass is 780 g/mol. The van der Waals surface area contributed by atoms with Gasteiger partial charge in [-0.2, -0.15) is 0 Å². The van der Waals surface area contributed by atoms with Gasteiger partial charge in [0, 0.05) is 18.7 Å². The number of likely N-dealkylation sites (tertiary alicyclic amines) is 2. The average Bonchev–Trinajstić information content (AvgIpc) is 3.65. The van der Waals surface area contributed by atoms with Gasteiger partial charge in [0.1, 0.15) is 29.4 Å². The fourth-order valence-corrected chi connectivity index (χ4v) is 8.08. The molecule has 3 aromatic heterocycles. The van der Waals surface area contributed by atoms with Crippen molar-refractivity contribution in [3.05, 3.63) is 60.7 Å². The Hall–Kier alpha value is -5.80. The maximum atomic E-state index is 13.9. The highest BCUT2D eigenvalue weighted by atomic mass is 16.5. The summed E-state index contributed by atoms with van der Waals surface area (Å²) in [7, 11) is 2.58. The van der Waals surface area contributed by atoms with E-state index in [1.54, 1.807) is 29.7 Å². The molecule has 0 spiro atoms. The molecule has 2 saturated heterocycles. The molecule has 16 heteroatoms. The lowest BCUT2D eigenvalue weighted by Gasteiger charge is -2.30. The number of alkyl carbamates (subject to hydrolysis) is 2. The number of H-pyrrole nitrogens is 2. The van der Waals surface area contributed by atoms with Crippen LogP contribution in [0.5, 0.6) is 0 Å². The number of carbonyl (C=O) groups is 4. The highest BCUT2D eigenvalue weighted by Crippen LogP contribution is 2.47. The van der Waals surface area contributed by atoms with Crippen LogP contribution >= 0.6 is 0 Å². The number of rotatable bonds is 12. The summed E-state index contributed by atoms with van der Waals surface area (Å²) >= 11 is 0. The molecule has 2 aliphatic heterocycles. The molecule has 0 radical (unpaired) electrons. The zero-order valence-electron chi connectivity index (χ0n) is 33.3. The van der Waals surface area contributed by atoms with Crippen molar-refractivity contribution in [2.45, 2.75) is 84.0 Å². The summed E-state index contributed by atoms with van der Waals surface area (Å²) in [5.41, 5.74) is 4.67. The number of aromatic amines is 2. The first-order chi connectivity index (χ1) is 27.4. The number of benzene rings is 1. The fourth-order valence-electron chi connectivity index (χ4n) is 8.08. The van der Waals surface area contributed by atoms with Crippen molar-refractivity contribution < 1.29 is 28.7 Å². The molecule has 7 rings (SSSR count). The molecule has 4 amide bonds. The number of carbonyl (C=O) groups excluding carboxylic acids is 4. The van der Waals surface area contributed by atoms with Gasteiger partial charge in [-0.1, -0.05) is 52.0 Å². The molecule has 4 N–H and O–H groups in total. The third-order valence-electron chi connectivity index (χ3n) is 11.5. The molecule has 1 aromatic carbocycles. The van der Waals surface area contributed by atoms with Gasteiger partial charge in [0.25, 0.3) is 0 Å². The van der Waals surface area contributed by atoms with Crippen LogP contribution in [0.3, 0.4) is 0 Å². The Morgan fingerprint density at radius 2 is 1.21 bits per heavy atom. The number of hydrogen-bond donors (Lipinski definition) is 4. The quantitative estimate of drug-likeness (QED) is 0.139. The molecule has 0 unspecified atom stereocenters. The van der Waals surface area contributed by atoms with Crippen LogP contribution in [0, 0.1) is 23.7 Å². The third kappa shape index (κ3) is 8.49. The predicted octanol–water partition coefficient (Wildman–Crippen LogP) is 5.65. The lowest BCUT2D eigenvalue weighted by Crippen LogP contribution is -2.51. The van der Waals surface area contributed by atoms with Crippen molar-refractivity contribution in [3.8, 4) is 33.9 Å². The number of nitrogens with zero attached hydrogens (tertiary/aromatic N) is 6. The van der Waals surface area contributed by atoms with E-state index in [4.69, 9.17) is 24.4 Å². The Bertz CT molecular complexity index is 2060. The summed E-state index contributed by atoms with van der Waals surface area (Å²) in [6.07, 6.45) is 10.4. The summed E-state index contributed by atoms with van der Waals surface area (Å²) in [5.74, 6) is 1.86. The lowest BCUT2D eigenvalue weighted by molar-refractivity contribution is -0.136. The SMILES string of the molecule is COC(=O)N[C@H](C(=O)N1CCC[C@H]1c1ncc(-c2ccc(-c3cnc(-c4cnc([C@@H]5C[C@H](C6CC6)CN5C(=O)[C@@H](NC(=O)OC)C(C)C)[nH]4)cn3)cc2)[nH]1)C(C)C. The van der Waals surface area contributed by atoms with E-state index in [2.05, 4.69) is 25.6 Å². The van der Waals surface area contributed by atoms with Crippen molar-refractivity contribution in [2.24, 2.45) is 23.7 Å². The molecule has 5 atom stereocenters. The number of aromatic nitrogens is 6. The minimum absolute atomic E-state index is 0.114. The van der Waals surface area contributed by atoms with Crippen molar-refractivity contribution in [2.75, 3.05) is 27.3 Å². The molecule has 3 fully saturated rings. The van der Waals surface area contributed by atoms with Crippen LogP contribution < -0.4 is 10.6 Å². The molecule has 57 heavy (non-hydrogen) atoms. The zero-order chi connectivity index (χ0) is 40.4. The summed E-state index contributed by atoms with van der Waals surface area (Å²) in [5, 5.41) is 5.42. The van der Waals surface area contributed by atoms with E-state index < -0.39 is 24.3 Å². The summed E-state index contributed by atoms with van der Waals surface area (Å²) < 4.78 is 9.56. The third-order valence-corrected chi connectivity index (χ3v) is 11.5. The van der Waals surface area contributed by atoms with E-state index in [0.29, 0.717) is 53.7 Å². The van der Waals surface area contributed by atoms with Crippen LogP contribution in [0.15, 0.2) is 49.1 Å². The van der Waals surface area contributed by atoms with Gasteiger partial charge in [-0.15, -0.1) is 0 Å². The molecule has 3 aliphatic rings. The highest BCUT2D eigenvalue weighted by Gasteiger charge is 2.46. The van der Waals surface area contributed by atoms with Gasteiger partial charge in [-0.3, -0.25) is 19.6 Å². The van der Waals surface area contributed by atoms with Crippen molar-refractivity contribution in [3.63, 3.8) is 0 Å². The second kappa shape index (κ2) is 16.7. The highest BCUT2D eigenvalue weighted by molar-refractivity contribution is 5.87. The molecule has 1 saturated carbocycles. The Labute approximate surface area is 331 Å². The largest absolute Gasteiger partial charge is 0.453 e. The van der Waals surface area contributed by atoms with Crippen LogP contribution in [0.4, 0.5) is 9.59 Å². The van der Waals surface area contributed by atoms with Crippen LogP contribution in [-0.2, 0) is 19.1 Å². The minimum Gasteiger partial charge on any atom is -0.453 e. The molecule has 302 valence electrons. The summed E-state index contributed by atoms with van der Waals surface area (Å²) in [4.78, 5) is 80.8. The van der Waals surface area contributed by atoms with Crippen LogP contribution in [0.2, 0.25) is 0 Å². The van der Waals surface area contributed by atoms with Crippen LogP contribution in [-0.4, -0.2) is 103 Å². The normalized spacial score (nSPS) is 20.5. The smallest absolute Gasteiger partial charge is 0.407 e. The Kier molecular flexibility index (Phi) is 11.6. The van der Waals surface area contributed by atoms with Crippen molar-refractivity contribution in [1.29, 1.82) is 0 Å². The topological polar surface area (TPSA) is 200 Å². The number of imidazole rings is 2. The fraction of sp³-hybridized carbons (Fsp3) is 0.512. The summed E-state index contributed by atoms with van der Waals surface area (Å²) in [6.45, 7) is 8.82. The predicted molar refractivity (Wildman–Crippen MR) is 210 cm³/mol. The van der Waals surface area contributed by atoms with E-state index in [0.717, 1.165) is 36.1 Å². The van der Waals surface area contributed by atoms with Crippen molar-refractivity contribution in [1.82, 2.24) is 50.3 Å². The van der Waals surface area contributed by atoms with E-state index in [-0.39, 0.29) is 35.7 Å². The Morgan fingerprint density at radius 3 is 1.79 bits per heavy atom. The Balaban J connectivity index is 1.02. The lowest BCUT2D eigenvalue weighted by atomic mass is 10.0. The molecule has 5 heterocycles. The number of hydrogen-bond acceptors (Lipinski definition) is 10. The maximum absolute atomic E-state index is 13.9. The zero-order valence-corrected chi connectivity index (χ0v) is 33.3. The first kappa shape index (κ1) is 39.4. The van der Waals surface area contributed by atoms with Gasteiger partial charge < -0.3 is 39.9 Å². The van der Waals surface area contributed by atoms with E-state index in [1.165, 1.54) is 27.1 Å². The minimum atomic E-state index is -0.709. The van der Waals surface area contributed by atoms with Gasteiger partial charge in [0.2, 0.25) is 11.8 Å². The van der Waals surface area contributed by atoms with Gasteiger partial charge in [0.15, 0.2) is 0 Å². The number of amides is 4. The number of methoxy groups -OCH3 is 2. The van der Waals surface area contributed by atoms with Crippen LogP contribution in [0.25, 0.3) is 33.9 Å². The van der Waals surface area contributed by atoms with Gasteiger partial charge in [0.05, 0.1) is 68.2 Å². The maximum Gasteiger partial charge on any atom is 0.407 e. The van der Waals surface area contributed by atoms with E-state index >= 15 is 0 Å². The molecule has 4 aromatic rings. The first-order valence-corrected chi connectivity index (χ1v) is 19.8.